The molecule has 2 N–H and O–H groups in total. The van der Waals surface area contributed by atoms with Crippen LogP contribution in [0.2, 0.25) is 0 Å². The van der Waals surface area contributed by atoms with Gasteiger partial charge in [0.1, 0.15) is 0 Å². The topological polar surface area (TPSA) is 66.4 Å². The van der Waals surface area contributed by atoms with Gasteiger partial charge in [-0.15, -0.1) is 0 Å². The molecule has 1 aromatic rings. The number of carboxylic acids is 1. The Kier molecular flexibility index (Phi) is 6.70. The normalized spacial score (nSPS) is 10.1. The Balaban J connectivity index is 2.37. The second-order valence-electron chi connectivity index (χ2n) is 3.93. The molecule has 4 nitrogen and oxygen atoms in total. The Morgan fingerprint density at radius 1 is 1.11 bits per heavy atom. The maximum absolute atomic E-state index is 11.6. The number of halogens is 1. The number of carbonyl (C=O) groups is 2. The second kappa shape index (κ2) is 8.07. The van der Waals surface area contributed by atoms with Gasteiger partial charge < -0.3 is 10.4 Å². The minimum atomic E-state index is -0.966. The van der Waals surface area contributed by atoms with Crippen LogP contribution in [0.25, 0.3) is 0 Å². The molecule has 0 bridgehead atoms. The largest absolute Gasteiger partial charge is 0.478 e. The Hall–Kier alpha value is -1.11. The Morgan fingerprint density at radius 2 is 1.78 bits per heavy atom. The molecule has 1 aromatic carbocycles. The van der Waals surface area contributed by atoms with Crippen molar-refractivity contribution in [3.8, 4) is 0 Å². The average Bonchev–Trinajstić information content (AvgIpc) is 2.35. The van der Waals surface area contributed by atoms with Crippen molar-refractivity contribution in [3.63, 3.8) is 0 Å². The molecular formula is C13H16INO3. The molecule has 0 heterocycles. The lowest BCUT2D eigenvalue weighted by Gasteiger charge is -2.05. The zero-order chi connectivity index (χ0) is 13.4. The van der Waals surface area contributed by atoms with Crippen LogP contribution in [0.3, 0.4) is 0 Å². The molecule has 0 unspecified atom stereocenters. The monoisotopic (exact) mass is 361 g/mol. The van der Waals surface area contributed by atoms with Crippen LogP contribution >= 0.6 is 22.6 Å². The van der Waals surface area contributed by atoms with E-state index in [2.05, 4.69) is 27.9 Å². The van der Waals surface area contributed by atoms with E-state index >= 15 is 0 Å². The number of hydrogen-bond donors (Lipinski definition) is 2. The first-order valence-corrected chi connectivity index (χ1v) is 7.35. The summed E-state index contributed by atoms with van der Waals surface area (Å²) >= 11 is 2.32. The summed E-state index contributed by atoms with van der Waals surface area (Å²) in [7, 11) is 0. The van der Waals surface area contributed by atoms with Crippen molar-refractivity contribution in [3.05, 3.63) is 29.8 Å². The number of rotatable bonds is 7. The molecule has 0 saturated heterocycles. The van der Waals surface area contributed by atoms with Crippen LogP contribution in [0, 0.1) is 0 Å². The molecule has 0 fully saturated rings. The fourth-order valence-corrected chi connectivity index (χ4v) is 2.02. The third kappa shape index (κ3) is 5.48. The highest BCUT2D eigenvalue weighted by molar-refractivity contribution is 14.1. The molecule has 18 heavy (non-hydrogen) atoms. The van der Waals surface area contributed by atoms with Crippen molar-refractivity contribution in [2.45, 2.75) is 25.7 Å². The maximum atomic E-state index is 11.6. The standard InChI is InChI=1S/C13H16INO3/c14-9-3-1-2-4-12(16)15-11-7-5-10(6-8-11)13(17)18/h5-8H,1-4,9H2,(H,15,16)(H,17,18). The second-order valence-corrected chi connectivity index (χ2v) is 5.01. The molecule has 0 radical (unpaired) electrons. The summed E-state index contributed by atoms with van der Waals surface area (Å²) in [5.74, 6) is -0.988. The van der Waals surface area contributed by atoms with Crippen molar-refractivity contribution in [1.29, 1.82) is 0 Å². The highest BCUT2D eigenvalue weighted by atomic mass is 127. The summed E-state index contributed by atoms with van der Waals surface area (Å²) < 4.78 is 1.12. The summed E-state index contributed by atoms with van der Waals surface area (Å²) in [6.07, 6.45) is 3.61. The van der Waals surface area contributed by atoms with Crippen LogP contribution in [0.4, 0.5) is 5.69 Å². The van der Waals surface area contributed by atoms with Gasteiger partial charge in [0.05, 0.1) is 5.56 Å². The van der Waals surface area contributed by atoms with E-state index in [0.29, 0.717) is 12.1 Å². The number of benzene rings is 1. The first kappa shape index (κ1) is 14.9. The summed E-state index contributed by atoms with van der Waals surface area (Å²) in [5.41, 5.74) is 0.855. The number of carbonyl (C=O) groups excluding carboxylic acids is 1. The van der Waals surface area contributed by atoms with Crippen molar-refractivity contribution >= 4 is 40.2 Å². The molecule has 98 valence electrons. The van der Waals surface area contributed by atoms with Crippen LogP contribution in [0.15, 0.2) is 24.3 Å². The van der Waals surface area contributed by atoms with E-state index in [1.165, 1.54) is 12.1 Å². The first-order valence-electron chi connectivity index (χ1n) is 5.82. The molecule has 0 aliphatic heterocycles. The van der Waals surface area contributed by atoms with Crippen molar-refractivity contribution in [2.24, 2.45) is 0 Å². The van der Waals surface area contributed by atoms with E-state index in [1.807, 2.05) is 0 Å². The van der Waals surface area contributed by atoms with E-state index < -0.39 is 5.97 Å². The van der Waals surface area contributed by atoms with E-state index in [0.717, 1.165) is 23.7 Å². The number of amides is 1. The van der Waals surface area contributed by atoms with Gasteiger partial charge in [-0.3, -0.25) is 4.79 Å². The molecule has 0 spiro atoms. The lowest BCUT2D eigenvalue weighted by molar-refractivity contribution is -0.116. The fraction of sp³-hybridized carbons (Fsp3) is 0.385. The number of alkyl halides is 1. The molecule has 0 aromatic heterocycles. The van der Waals surface area contributed by atoms with Gasteiger partial charge in [0, 0.05) is 12.1 Å². The highest BCUT2D eigenvalue weighted by Crippen LogP contribution is 2.11. The van der Waals surface area contributed by atoms with Crippen molar-refractivity contribution < 1.29 is 14.7 Å². The van der Waals surface area contributed by atoms with Crippen LogP contribution in [-0.2, 0) is 4.79 Å². The zero-order valence-electron chi connectivity index (χ0n) is 9.99. The lowest BCUT2D eigenvalue weighted by atomic mass is 10.2. The van der Waals surface area contributed by atoms with E-state index in [4.69, 9.17) is 5.11 Å². The minimum Gasteiger partial charge on any atom is -0.478 e. The number of carboxylic acid groups (broad SMARTS) is 1. The van der Waals surface area contributed by atoms with E-state index in [1.54, 1.807) is 12.1 Å². The molecule has 0 saturated carbocycles. The van der Waals surface area contributed by atoms with Gasteiger partial charge in [0.2, 0.25) is 5.91 Å². The van der Waals surface area contributed by atoms with E-state index in [9.17, 15) is 9.59 Å². The van der Waals surface area contributed by atoms with Gasteiger partial charge in [-0.2, -0.15) is 0 Å². The molecule has 0 atom stereocenters. The van der Waals surface area contributed by atoms with Crippen LogP contribution in [0.1, 0.15) is 36.0 Å². The summed E-state index contributed by atoms with van der Waals surface area (Å²) in [4.78, 5) is 22.2. The van der Waals surface area contributed by atoms with Gasteiger partial charge in [-0.05, 0) is 41.5 Å². The Bertz CT molecular complexity index is 403. The number of anilines is 1. The molecule has 5 heteroatoms. The maximum Gasteiger partial charge on any atom is 0.335 e. The Labute approximate surface area is 120 Å². The van der Waals surface area contributed by atoms with Crippen LogP contribution in [-0.4, -0.2) is 21.4 Å². The average molecular weight is 361 g/mol. The zero-order valence-corrected chi connectivity index (χ0v) is 12.1. The molecule has 0 aliphatic rings. The molecule has 1 amide bonds. The number of unbranched alkanes of at least 4 members (excludes halogenated alkanes) is 2. The van der Waals surface area contributed by atoms with Crippen molar-refractivity contribution in [1.82, 2.24) is 0 Å². The van der Waals surface area contributed by atoms with Gasteiger partial charge in [-0.1, -0.05) is 29.0 Å². The Morgan fingerprint density at radius 3 is 2.33 bits per heavy atom. The first-order chi connectivity index (χ1) is 8.63. The van der Waals surface area contributed by atoms with Crippen LogP contribution in [0.5, 0.6) is 0 Å². The quantitative estimate of drug-likeness (QED) is 0.445. The van der Waals surface area contributed by atoms with E-state index in [-0.39, 0.29) is 11.5 Å². The predicted molar refractivity (Wildman–Crippen MR) is 79.4 cm³/mol. The third-order valence-corrected chi connectivity index (χ3v) is 3.22. The van der Waals surface area contributed by atoms with Crippen LogP contribution < -0.4 is 5.32 Å². The highest BCUT2D eigenvalue weighted by Gasteiger charge is 2.04. The van der Waals surface area contributed by atoms with Gasteiger partial charge in [-0.25, -0.2) is 4.79 Å². The van der Waals surface area contributed by atoms with Crippen molar-refractivity contribution in [2.75, 3.05) is 9.74 Å². The molecular weight excluding hydrogens is 345 g/mol. The number of nitrogens with one attached hydrogen (secondary N) is 1. The summed E-state index contributed by atoms with van der Waals surface area (Å²) in [6.45, 7) is 0. The number of hydrogen-bond acceptors (Lipinski definition) is 2. The van der Waals surface area contributed by atoms with Gasteiger partial charge >= 0.3 is 5.97 Å². The minimum absolute atomic E-state index is 0.0217. The summed E-state index contributed by atoms with van der Waals surface area (Å²) in [6, 6.07) is 6.17. The smallest absolute Gasteiger partial charge is 0.335 e. The lowest BCUT2D eigenvalue weighted by Crippen LogP contribution is -2.11. The number of aromatic carboxylic acids is 1. The fourth-order valence-electron chi connectivity index (χ4n) is 1.48. The third-order valence-electron chi connectivity index (χ3n) is 2.45. The predicted octanol–water partition coefficient (Wildman–Crippen LogP) is 3.32. The molecule has 1 rings (SSSR count). The SMILES string of the molecule is O=C(CCCCCI)Nc1ccc(C(=O)O)cc1. The van der Waals surface area contributed by atoms with Gasteiger partial charge in [0.25, 0.3) is 0 Å². The van der Waals surface area contributed by atoms with Gasteiger partial charge in [0.15, 0.2) is 0 Å². The molecule has 0 aliphatic carbocycles. The summed E-state index contributed by atoms with van der Waals surface area (Å²) in [5, 5.41) is 11.5.